The van der Waals surface area contributed by atoms with Crippen molar-refractivity contribution in [2.75, 3.05) is 19.9 Å². The topological polar surface area (TPSA) is 51.5 Å². The molecule has 1 fully saturated rings. The summed E-state index contributed by atoms with van der Waals surface area (Å²) in [7, 11) is -0.911. The molecule has 0 aliphatic carbocycles. The van der Waals surface area contributed by atoms with Crippen LogP contribution < -0.4 is 0 Å². The van der Waals surface area contributed by atoms with Crippen molar-refractivity contribution >= 4 is 8.38 Å². The van der Waals surface area contributed by atoms with E-state index in [2.05, 4.69) is 33.8 Å². The van der Waals surface area contributed by atoms with Gasteiger partial charge in [0.1, 0.15) is 0 Å². The molecular formula is C15H28NO3P. The van der Waals surface area contributed by atoms with Crippen molar-refractivity contribution in [1.82, 2.24) is 0 Å². The molecule has 0 amide bonds. The van der Waals surface area contributed by atoms with Crippen molar-refractivity contribution in [2.24, 2.45) is 17.8 Å². The highest BCUT2D eigenvalue weighted by atomic mass is 31.2. The minimum Gasteiger partial charge on any atom is -0.372 e. The van der Waals surface area contributed by atoms with Gasteiger partial charge in [0.25, 0.3) is 0 Å². The van der Waals surface area contributed by atoms with E-state index in [0.29, 0.717) is 43.5 Å². The van der Waals surface area contributed by atoms with E-state index in [1.54, 1.807) is 0 Å². The normalized spacial score (nSPS) is 35.5. The molecular weight excluding hydrogens is 273 g/mol. The third-order valence-corrected chi connectivity index (χ3v) is 5.55. The lowest BCUT2D eigenvalue weighted by atomic mass is 9.76. The first-order chi connectivity index (χ1) is 9.51. The van der Waals surface area contributed by atoms with Crippen LogP contribution in [-0.4, -0.2) is 32.1 Å². The molecule has 1 aliphatic heterocycles. The Hall–Kier alpha value is -0.200. The number of ether oxygens (including phenoxy) is 1. The summed E-state index contributed by atoms with van der Waals surface area (Å²) in [4.78, 5) is 0. The lowest BCUT2D eigenvalue weighted by molar-refractivity contribution is -0.144. The molecule has 0 bridgehead atoms. The Morgan fingerprint density at radius 3 is 2.35 bits per heavy atom. The minimum atomic E-state index is -0.911. The molecule has 0 saturated carbocycles. The number of hydrogen-bond acceptors (Lipinski definition) is 4. The van der Waals surface area contributed by atoms with Crippen LogP contribution in [0.15, 0.2) is 0 Å². The summed E-state index contributed by atoms with van der Waals surface area (Å²) in [5, 5.41) is 8.47. The molecule has 0 aromatic rings. The van der Waals surface area contributed by atoms with Gasteiger partial charge in [0, 0.05) is 6.66 Å². The first kappa shape index (κ1) is 17.9. The molecule has 20 heavy (non-hydrogen) atoms. The first-order valence-corrected chi connectivity index (χ1v) is 9.15. The zero-order chi connectivity index (χ0) is 15.1. The van der Waals surface area contributed by atoms with Gasteiger partial charge in [-0.2, -0.15) is 5.26 Å². The highest BCUT2D eigenvalue weighted by molar-refractivity contribution is 7.46. The van der Waals surface area contributed by atoms with Gasteiger partial charge in [0.15, 0.2) is 8.38 Å². The van der Waals surface area contributed by atoms with E-state index in [9.17, 15) is 0 Å². The number of hydrogen-bond donors (Lipinski definition) is 0. The average molecular weight is 301 g/mol. The highest BCUT2D eigenvalue weighted by Gasteiger charge is 2.38. The fourth-order valence-electron chi connectivity index (χ4n) is 2.72. The largest absolute Gasteiger partial charge is 0.372 e. The Morgan fingerprint density at radius 2 is 1.75 bits per heavy atom. The van der Waals surface area contributed by atoms with E-state index in [1.165, 1.54) is 0 Å². The molecule has 1 rings (SSSR count). The Bertz CT molecular complexity index is 319. The van der Waals surface area contributed by atoms with E-state index in [1.807, 2.05) is 6.66 Å². The number of nitrogens with zero attached hydrogens (tertiary/aromatic N) is 1. The lowest BCUT2D eigenvalue weighted by Crippen LogP contribution is -2.46. The van der Waals surface area contributed by atoms with Gasteiger partial charge in [0.2, 0.25) is 0 Å². The van der Waals surface area contributed by atoms with Gasteiger partial charge in [-0.05, 0) is 24.2 Å². The molecule has 1 aliphatic rings. The van der Waals surface area contributed by atoms with Gasteiger partial charge in [-0.25, -0.2) is 0 Å². The molecule has 0 aromatic carbocycles. The summed E-state index contributed by atoms with van der Waals surface area (Å²) >= 11 is 0. The third kappa shape index (κ3) is 4.97. The van der Waals surface area contributed by atoms with Crippen molar-refractivity contribution in [2.45, 2.75) is 52.7 Å². The maximum atomic E-state index is 8.47. The maximum Gasteiger partial charge on any atom is 0.167 e. The Morgan fingerprint density at radius 1 is 1.10 bits per heavy atom. The molecule has 1 heterocycles. The van der Waals surface area contributed by atoms with E-state index in [0.717, 1.165) is 6.42 Å². The summed E-state index contributed by atoms with van der Waals surface area (Å²) in [5.41, 5.74) is 0. The summed E-state index contributed by atoms with van der Waals surface area (Å²) in [6, 6.07) is 2.06. The van der Waals surface area contributed by atoms with Crippen LogP contribution in [0.5, 0.6) is 0 Å². The minimum absolute atomic E-state index is 0.149. The van der Waals surface area contributed by atoms with Crippen molar-refractivity contribution in [1.29, 1.82) is 5.26 Å². The summed E-state index contributed by atoms with van der Waals surface area (Å²) in [6.45, 7) is 12.0. The second-order valence-corrected chi connectivity index (χ2v) is 7.07. The summed E-state index contributed by atoms with van der Waals surface area (Å²) in [6.07, 6.45) is 1.95. The van der Waals surface area contributed by atoms with Crippen LogP contribution >= 0.6 is 8.38 Å². The molecule has 0 N–H and O–H groups in total. The first-order valence-electron chi connectivity index (χ1n) is 7.53. The Labute approximate surface area is 124 Å². The smallest absolute Gasteiger partial charge is 0.167 e. The molecule has 5 heteroatoms. The molecule has 1 unspecified atom stereocenters. The molecule has 1 saturated heterocycles. The molecule has 0 aromatic heterocycles. The van der Waals surface area contributed by atoms with Crippen molar-refractivity contribution in [3.8, 4) is 6.07 Å². The van der Waals surface area contributed by atoms with Crippen molar-refractivity contribution < 1.29 is 13.8 Å². The van der Waals surface area contributed by atoms with Gasteiger partial charge in [-0.1, -0.05) is 27.7 Å². The van der Waals surface area contributed by atoms with Gasteiger partial charge in [0.05, 0.1) is 37.9 Å². The zero-order valence-electron chi connectivity index (χ0n) is 13.3. The fraction of sp³-hybridized carbons (Fsp3) is 0.933. The molecule has 0 radical (unpaired) electrons. The Balaban J connectivity index is 2.40. The van der Waals surface area contributed by atoms with Crippen LogP contribution in [0.3, 0.4) is 0 Å². The van der Waals surface area contributed by atoms with Crippen LogP contribution in [0.4, 0.5) is 0 Å². The quantitative estimate of drug-likeness (QED) is 0.527. The highest BCUT2D eigenvalue weighted by Crippen LogP contribution is 2.39. The third-order valence-electron chi connectivity index (χ3n) is 4.49. The van der Waals surface area contributed by atoms with Crippen molar-refractivity contribution in [3.63, 3.8) is 0 Å². The zero-order valence-corrected chi connectivity index (χ0v) is 14.2. The molecule has 0 spiro atoms. The molecule has 4 nitrogen and oxygen atoms in total. The average Bonchev–Trinajstić information content (AvgIpc) is 2.44. The van der Waals surface area contributed by atoms with Gasteiger partial charge < -0.3 is 13.8 Å². The van der Waals surface area contributed by atoms with Crippen LogP contribution in [0, 0.1) is 29.1 Å². The van der Waals surface area contributed by atoms with Gasteiger partial charge in [-0.3, -0.25) is 0 Å². The van der Waals surface area contributed by atoms with Crippen LogP contribution in [0.25, 0.3) is 0 Å². The van der Waals surface area contributed by atoms with Gasteiger partial charge in [-0.15, -0.1) is 0 Å². The van der Waals surface area contributed by atoms with E-state index in [-0.39, 0.29) is 6.10 Å². The lowest BCUT2D eigenvalue weighted by Gasteiger charge is -2.43. The summed E-state index contributed by atoms with van der Waals surface area (Å²) in [5.74, 6) is 1.74. The summed E-state index contributed by atoms with van der Waals surface area (Å²) < 4.78 is 17.4. The predicted octanol–water partition coefficient (Wildman–Crippen LogP) is 3.96. The van der Waals surface area contributed by atoms with Gasteiger partial charge >= 0.3 is 0 Å². The number of rotatable bonds is 7. The second-order valence-electron chi connectivity index (χ2n) is 5.68. The molecule has 116 valence electrons. The fourth-order valence-corrected chi connectivity index (χ4v) is 3.50. The van der Waals surface area contributed by atoms with Crippen LogP contribution in [0.1, 0.15) is 40.5 Å². The van der Waals surface area contributed by atoms with E-state index in [4.69, 9.17) is 19.0 Å². The monoisotopic (exact) mass is 301 g/mol. The molecule has 6 atom stereocenters. The maximum absolute atomic E-state index is 8.47. The Kier molecular flexibility index (Phi) is 7.99. The number of nitriles is 1. The predicted molar refractivity (Wildman–Crippen MR) is 81.4 cm³/mol. The van der Waals surface area contributed by atoms with Crippen LogP contribution in [0.2, 0.25) is 0 Å². The van der Waals surface area contributed by atoms with E-state index < -0.39 is 8.38 Å². The standard InChI is InChI=1S/C15H28NO3P/c1-6-14-12(3)11(2)13(4)15(19-14)10-18-20(5)17-9-7-8-16/h11-15H,6-7,9-10H2,1-5H3/t11-,12-,13+,14+,15-,20?/m0/s1. The second kappa shape index (κ2) is 8.95. The van der Waals surface area contributed by atoms with Crippen LogP contribution in [-0.2, 0) is 13.8 Å². The van der Waals surface area contributed by atoms with Crippen molar-refractivity contribution in [3.05, 3.63) is 0 Å². The SMILES string of the molecule is CC[C@H]1O[C@@H](COP(C)OCCC#N)[C@H](C)[C@@H](C)[C@@H]1C. The van der Waals surface area contributed by atoms with E-state index >= 15 is 0 Å².